The van der Waals surface area contributed by atoms with Gasteiger partial charge in [0, 0.05) is 24.1 Å². The fourth-order valence-electron chi connectivity index (χ4n) is 2.11. The molecule has 0 radical (unpaired) electrons. The van der Waals surface area contributed by atoms with Gasteiger partial charge in [0.15, 0.2) is 9.84 Å². The number of amides is 1. The summed E-state index contributed by atoms with van der Waals surface area (Å²) >= 11 is 0. The summed E-state index contributed by atoms with van der Waals surface area (Å²) in [6.45, 7) is 1.53. The smallest absolute Gasteiger partial charge is 0.272 e. The largest absolute Gasteiger partial charge is 0.353 e. The molecule has 0 bridgehead atoms. The molecule has 8 heteroatoms. The zero-order valence-corrected chi connectivity index (χ0v) is 13.1. The molecule has 1 aromatic rings. The van der Waals surface area contributed by atoms with Crippen LogP contribution in [0.3, 0.4) is 0 Å². The van der Waals surface area contributed by atoms with Crippen LogP contribution in [0.25, 0.3) is 0 Å². The van der Waals surface area contributed by atoms with Crippen LogP contribution in [0.15, 0.2) is 18.2 Å². The van der Waals surface area contributed by atoms with Gasteiger partial charge >= 0.3 is 0 Å². The summed E-state index contributed by atoms with van der Waals surface area (Å²) in [5.41, 5.74) is 0.648. The fraction of sp³-hybridized carbons (Fsp3) is 0.500. The van der Waals surface area contributed by atoms with Crippen molar-refractivity contribution in [2.45, 2.75) is 38.0 Å². The number of carbonyl (C=O) groups excluding carboxylic acids is 1. The molecule has 120 valence electrons. The van der Waals surface area contributed by atoms with E-state index in [2.05, 4.69) is 5.32 Å². The van der Waals surface area contributed by atoms with Crippen LogP contribution in [0, 0.1) is 17.0 Å². The number of nitrogens with one attached hydrogen (secondary N) is 1. The number of sulfone groups is 1. The van der Waals surface area contributed by atoms with Crippen molar-refractivity contribution in [2.24, 2.45) is 0 Å². The Balaban J connectivity index is 2.00. The van der Waals surface area contributed by atoms with Crippen molar-refractivity contribution < 1.29 is 18.1 Å². The maximum Gasteiger partial charge on any atom is 0.272 e. The van der Waals surface area contributed by atoms with Gasteiger partial charge in [-0.1, -0.05) is 12.1 Å². The van der Waals surface area contributed by atoms with E-state index >= 15 is 0 Å². The third kappa shape index (κ3) is 4.52. The summed E-state index contributed by atoms with van der Waals surface area (Å²) in [6, 6.07) is 4.57. The molecule has 1 fully saturated rings. The summed E-state index contributed by atoms with van der Waals surface area (Å²) in [7, 11) is -3.49. The Morgan fingerprint density at radius 3 is 2.68 bits per heavy atom. The number of hydrogen-bond acceptors (Lipinski definition) is 5. The van der Waals surface area contributed by atoms with E-state index in [0.29, 0.717) is 11.1 Å². The van der Waals surface area contributed by atoms with Crippen LogP contribution >= 0.6 is 0 Å². The van der Waals surface area contributed by atoms with Gasteiger partial charge in [-0.2, -0.15) is 0 Å². The third-order valence-electron chi connectivity index (χ3n) is 3.57. The van der Waals surface area contributed by atoms with Crippen LogP contribution in [0.2, 0.25) is 0 Å². The van der Waals surface area contributed by atoms with Crippen molar-refractivity contribution in [1.82, 2.24) is 5.32 Å². The van der Waals surface area contributed by atoms with Gasteiger partial charge in [-0.15, -0.1) is 0 Å². The molecule has 0 heterocycles. The van der Waals surface area contributed by atoms with E-state index in [9.17, 15) is 23.3 Å². The first-order chi connectivity index (χ1) is 10.3. The molecule has 0 aromatic heterocycles. The molecule has 1 aliphatic rings. The summed E-state index contributed by atoms with van der Waals surface area (Å²) in [6.07, 6.45) is 1.82. The normalized spacial score (nSPS) is 14.6. The van der Waals surface area contributed by atoms with Gasteiger partial charge in [0.1, 0.15) is 0 Å². The molecule has 2 rings (SSSR count). The highest BCUT2D eigenvalue weighted by molar-refractivity contribution is 7.90. The predicted octanol–water partition coefficient (Wildman–Crippen LogP) is 1.49. The average molecular weight is 326 g/mol. The molecular formula is C14H18N2O5S. The molecule has 0 unspecified atom stereocenters. The molecule has 1 N–H and O–H groups in total. The van der Waals surface area contributed by atoms with Gasteiger partial charge in [0.25, 0.3) is 5.69 Å². The summed E-state index contributed by atoms with van der Waals surface area (Å²) in [5.74, 6) is -0.813. The standard InChI is InChI=1S/C14H18N2O5S/c1-10-11(3-2-4-13(10)16(18)19)9-22(20,21)8-7-14(17)15-12-5-6-12/h2-4,12H,5-9H2,1H3,(H,15,17). The first-order valence-corrected chi connectivity index (χ1v) is 8.83. The number of nitrogens with zero attached hydrogens (tertiary/aromatic N) is 1. The molecule has 0 spiro atoms. The van der Waals surface area contributed by atoms with Crippen LogP contribution in [0.5, 0.6) is 0 Å². The monoisotopic (exact) mass is 326 g/mol. The van der Waals surface area contributed by atoms with Crippen molar-refractivity contribution in [3.05, 3.63) is 39.4 Å². The van der Waals surface area contributed by atoms with Crippen LogP contribution in [0.1, 0.15) is 30.4 Å². The highest BCUT2D eigenvalue weighted by Crippen LogP contribution is 2.23. The molecule has 1 amide bonds. The second-order valence-corrected chi connectivity index (χ2v) is 7.69. The van der Waals surface area contributed by atoms with Gasteiger partial charge in [0.2, 0.25) is 5.91 Å². The van der Waals surface area contributed by atoms with Crippen LogP contribution < -0.4 is 5.32 Å². The fourth-order valence-corrected chi connectivity index (χ4v) is 3.54. The van der Waals surface area contributed by atoms with E-state index in [4.69, 9.17) is 0 Å². The van der Waals surface area contributed by atoms with E-state index in [1.165, 1.54) is 19.1 Å². The Labute approximate surface area is 128 Å². The second-order valence-electron chi connectivity index (χ2n) is 5.50. The Kier molecular flexibility index (Phi) is 4.80. The molecule has 0 aliphatic heterocycles. The van der Waals surface area contributed by atoms with Crippen LogP contribution in [-0.2, 0) is 20.4 Å². The number of benzene rings is 1. The quantitative estimate of drug-likeness (QED) is 0.603. The molecule has 1 aliphatic carbocycles. The van der Waals surface area contributed by atoms with Crippen molar-refractivity contribution in [2.75, 3.05) is 5.75 Å². The molecule has 0 saturated heterocycles. The first-order valence-electron chi connectivity index (χ1n) is 7.01. The molecule has 1 aromatic carbocycles. The molecule has 7 nitrogen and oxygen atoms in total. The van der Waals surface area contributed by atoms with E-state index in [1.54, 1.807) is 6.07 Å². The second kappa shape index (κ2) is 6.43. The van der Waals surface area contributed by atoms with E-state index in [-0.39, 0.29) is 35.6 Å². The van der Waals surface area contributed by atoms with E-state index < -0.39 is 14.8 Å². The lowest BCUT2D eigenvalue weighted by Crippen LogP contribution is -2.27. The SMILES string of the molecule is Cc1c(CS(=O)(=O)CCC(=O)NC2CC2)cccc1[N+](=O)[O-]. The molecular weight excluding hydrogens is 308 g/mol. The van der Waals surface area contributed by atoms with Gasteiger partial charge in [-0.05, 0) is 25.3 Å². The molecule has 22 heavy (non-hydrogen) atoms. The Bertz CT molecular complexity index is 695. The van der Waals surface area contributed by atoms with Gasteiger partial charge in [-0.25, -0.2) is 8.42 Å². The van der Waals surface area contributed by atoms with Crippen LogP contribution in [0.4, 0.5) is 5.69 Å². The Morgan fingerprint density at radius 2 is 2.09 bits per heavy atom. The minimum absolute atomic E-state index is 0.0766. The van der Waals surface area contributed by atoms with Crippen molar-refractivity contribution in [3.8, 4) is 0 Å². The maximum absolute atomic E-state index is 12.1. The number of nitro groups is 1. The van der Waals surface area contributed by atoms with Crippen molar-refractivity contribution >= 4 is 21.4 Å². The maximum atomic E-state index is 12.1. The third-order valence-corrected chi connectivity index (χ3v) is 5.15. The predicted molar refractivity (Wildman–Crippen MR) is 81.1 cm³/mol. The van der Waals surface area contributed by atoms with Gasteiger partial charge < -0.3 is 5.32 Å². The number of rotatable bonds is 7. The Morgan fingerprint density at radius 1 is 1.41 bits per heavy atom. The lowest BCUT2D eigenvalue weighted by molar-refractivity contribution is -0.385. The van der Waals surface area contributed by atoms with E-state index in [0.717, 1.165) is 12.8 Å². The molecule has 0 atom stereocenters. The van der Waals surface area contributed by atoms with Crippen LogP contribution in [-0.4, -0.2) is 31.0 Å². The van der Waals surface area contributed by atoms with Gasteiger partial charge in [-0.3, -0.25) is 14.9 Å². The molecule has 1 saturated carbocycles. The highest BCUT2D eigenvalue weighted by atomic mass is 32.2. The van der Waals surface area contributed by atoms with Crippen molar-refractivity contribution in [1.29, 1.82) is 0 Å². The first kappa shape index (κ1) is 16.4. The van der Waals surface area contributed by atoms with Gasteiger partial charge in [0.05, 0.1) is 16.4 Å². The summed E-state index contributed by atoms with van der Waals surface area (Å²) in [4.78, 5) is 21.9. The number of hydrogen-bond donors (Lipinski definition) is 1. The minimum Gasteiger partial charge on any atom is -0.353 e. The topological polar surface area (TPSA) is 106 Å². The number of nitro benzene ring substituents is 1. The summed E-state index contributed by atoms with van der Waals surface area (Å²) < 4.78 is 24.2. The summed E-state index contributed by atoms with van der Waals surface area (Å²) in [5, 5.41) is 13.6. The Hall–Kier alpha value is -1.96. The zero-order valence-electron chi connectivity index (χ0n) is 12.2. The number of carbonyl (C=O) groups is 1. The average Bonchev–Trinajstić information content (AvgIpc) is 3.22. The van der Waals surface area contributed by atoms with Crippen molar-refractivity contribution in [3.63, 3.8) is 0 Å². The lowest BCUT2D eigenvalue weighted by Gasteiger charge is -2.08. The lowest BCUT2D eigenvalue weighted by atomic mass is 10.1. The highest BCUT2D eigenvalue weighted by Gasteiger charge is 2.24. The minimum atomic E-state index is -3.49. The van der Waals surface area contributed by atoms with E-state index in [1.807, 2.05) is 0 Å². The zero-order chi connectivity index (χ0) is 16.3.